The number of pyridine rings is 1. The highest BCUT2D eigenvalue weighted by molar-refractivity contribution is 7.13. The van der Waals surface area contributed by atoms with Gasteiger partial charge >= 0.3 is 0 Å². The van der Waals surface area contributed by atoms with Crippen molar-refractivity contribution in [3.05, 3.63) is 59.3 Å². The molecule has 134 valence electrons. The number of carbonyl (C=O) groups excluding carboxylic acids is 1. The van der Waals surface area contributed by atoms with E-state index in [1.165, 1.54) is 11.3 Å². The van der Waals surface area contributed by atoms with Gasteiger partial charge in [0.15, 0.2) is 0 Å². The van der Waals surface area contributed by atoms with Crippen LogP contribution in [0.15, 0.2) is 42.4 Å². The highest BCUT2D eigenvalue weighted by Gasteiger charge is 2.20. The molecular formula is C19H21N5OS. The van der Waals surface area contributed by atoms with Crippen molar-refractivity contribution in [3.8, 4) is 10.7 Å². The van der Waals surface area contributed by atoms with Gasteiger partial charge in [0, 0.05) is 36.4 Å². The van der Waals surface area contributed by atoms with Crippen LogP contribution in [0.3, 0.4) is 0 Å². The normalized spacial score (nSPS) is 12.6. The van der Waals surface area contributed by atoms with E-state index in [1.54, 1.807) is 31.0 Å². The predicted molar refractivity (Wildman–Crippen MR) is 102 cm³/mol. The molecule has 0 aliphatic heterocycles. The molecule has 3 aromatic heterocycles. The Labute approximate surface area is 156 Å². The van der Waals surface area contributed by atoms with Crippen LogP contribution >= 0.6 is 11.3 Å². The zero-order valence-electron chi connectivity index (χ0n) is 15.2. The fraction of sp³-hybridized carbons (Fsp3) is 0.316. The first kappa shape index (κ1) is 18.1. The molecule has 0 fully saturated rings. The van der Waals surface area contributed by atoms with Gasteiger partial charge < -0.3 is 5.32 Å². The molecule has 0 aromatic carbocycles. The molecule has 7 heteroatoms. The number of nitrogens with zero attached hydrogens (tertiary/aromatic N) is 4. The van der Waals surface area contributed by atoms with Crippen LogP contribution < -0.4 is 5.32 Å². The van der Waals surface area contributed by atoms with E-state index >= 15 is 0 Å². The molecule has 0 bridgehead atoms. The predicted octanol–water partition coefficient (Wildman–Crippen LogP) is 3.78. The fourth-order valence-electron chi connectivity index (χ4n) is 2.49. The first-order valence-corrected chi connectivity index (χ1v) is 9.21. The van der Waals surface area contributed by atoms with E-state index in [2.05, 4.69) is 46.0 Å². The van der Waals surface area contributed by atoms with Crippen molar-refractivity contribution in [1.82, 2.24) is 25.3 Å². The monoisotopic (exact) mass is 367 g/mol. The number of hydrogen-bond acceptors (Lipinski definition) is 6. The molecule has 0 aliphatic carbocycles. The van der Waals surface area contributed by atoms with E-state index in [1.807, 2.05) is 18.4 Å². The topological polar surface area (TPSA) is 80.7 Å². The van der Waals surface area contributed by atoms with E-state index in [4.69, 9.17) is 0 Å². The quantitative estimate of drug-likeness (QED) is 0.759. The van der Waals surface area contributed by atoms with Crippen LogP contribution in [-0.4, -0.2) is 25.8 Å². The molecule has 3 rings (SSSR count). The van der Waals surface area contributed by atoms with Gasteiger partial charge in [0.05, 0.1) is 17.3 Å². The van der Waals surface area contributed by atoms with Crippen molar-refractivity contribution in [2.45, 2.75) is 39.2 Å². The third-order valence-corrected chi connectivity index (χ3v) is 4.77. The lowest BCUT2D eigenvalue weighted by Crippen LogP contribution is -2.28. The van der Waals surface area contributed by atoms with Crippen molar-refractivity contribution < 1.29 is 4.79 Å². The SMILES string of the molecule is CC(NC(=O)c1cncc(C(C)(C)C)c1)c1nccnc1-c1nccs1. The molecule has 1 N–H and O–H groups in total. The molecule has 0 saturated carbocycles. The van der Waals surface area contributed by atoms with Crippen molar-refractivity contribution in [2.24, 2.45) is 0 Å². The number of carbonyl (C=O) groups is 1. The summed E-state index contributed by atoms with van der Waals surface area (Å²) in [6, 6.07) is 1.57. The minimum absolute atomic E-state index is 0.0716. The van der Waals surface area contributed by atoms with Gasteiger partial charge in [-0.2, -0.15) is 0 Å². The van der Waals surface area contributed by atoms with Crippen LogP contribution in [0, 0.1) is 0 Å². The Kier molecular flexibility index (Phi) is 5.08. The molecule has 6 nitrogen and oxygen atoms in total. The van der Waals surface area contributed by atoms with Gasteiger partial charge in [-0.1, -0.05) is 20.8 Å². The zero-order valence-corrected chi connectivity index (χ0v) is 16.0. The van der Waals surface area contributed by atoms with Crippen molar-refractivity contribution in [1.29, 1.82) is 0 Å². The zero-order chi connectivity index (χ0) is 18.7. The molecule has 1 unspecified atom stereocenters. The Balaban J connectivity index is 1.83. The van der Waals surface area contributed by atoms with Crippen LogP contribution in [0.2, 0.25) is 0 Å². The molecule has 26 heavy (non-hydrogen) atoms. The average molecular weight is 367 g/mol. The molecule has 3 heterocycles. The lowest BCUT2D eigenvalue weighted by molar-refractivity contribution is 0.0938. The summed E-state index contributed by atoms with van der Waals surface area (Å²) in [4.78, 5) is 30.0. The number of aromatic nitrogens is 4. The second-order valence-electron chi connectivity index (χ2n) is 7.03. The maximum Gasteiger partial charge on any atom is 0.253 e. The Morgan fingerprint density at radius 3 is 2.58 bits per heavy atom. The van der Waals surface area contributed by atoms with E-state index < -0.39 is 0 Å². The minimum atomic E-state index is -0.312. The van der Waals surface area contributed by atoms with Gasteiger partial charge in [0.25, 0.3) is 5.91 Å². The van der Waals surface area contributed by atoms with Crippen LogP contribution in [0.1, 0.15) is 55.4 Å². The fourth-order valence-corrected chi connectivity index (χ4v) is 3.13. The molecule has 0 radical (unpaired) electrons. The highest BCUT2D eigenvalue weighted by atomic mass is 32.1. The van der Waals surface area contributed by atoms with E-state index in [9.17, 15) is 4.79 Å². The Bertz CT molecular complexity index is 902. The summed E-state index contributed by atoms with van der Waals surface area (Å²) in [5.41, 5.74) is 2.86. The van der Waals surface area contributed by atoms with Gasteiger partial charge in [-0.3, -0.25) is 19.7 Å². The van der Waals surface area contributed by atoms with Crippen molar-refractivity contribution in [3.63, 3.8) is 0 Å². The van der Waals surface area contributed by atoms with Crippen molar-refractivity contribution in [2.75, 3.05) is 0 Å². The summed E-state index contributed by atoms with van der Waals surface area (Å²) in [6.07, 6.45) is 8.35. The summed E-state index contributed by atoms with van der Waals surface area (Å²) in [5, 5.41) is 5.66. The minimum Gasteiger partial charge on any atom is -0.344 e. The van der Waals surface area contributed by atoms with E-state index in [-0.39, 0.29) is 17.4 Å². The van der Waals surface area contributed by atoms with Crippen LogP contribution in [0.25, 0.3) is 10.7 Å². The highest BCUT2D eigenvalue weighted by Crippen LogP contribution is 2.26. The standard InChI is InChI=1S/C19H21N5OS/c1-12(15-16(22-6-5-21-15)18-23-7-8-26-18)24-17(25)13-9-14(11-20-10-13)19(2,3)4/h5-12H,1-4H3,(H,24,25). The largest absolute Gasteiger partial charge is 0.344 e. The smallest absolute Gasteiger partial charge is 0.253 e. The third-order valence-electron chi connectivity index (χ3n) is 3.99. The molecule has 0 saturated heterocycles. The first-order chi connectivity index (χ1) is 12.4. The average Bonchev–Trinajstić information content (AvgIpc) is 3.15. The van der Waals surface area contributed by atoms with E-state index in [0.717, 1.165) is 10.6 Å². The Morgan fingerprint density at radius 2 is 1.88 bits per heavy atom. The number of hydrogen-bond donors (Lipinski definition) is 1. The summed E-state index contributed by atoms with van der Waals surface area (Å²) >= 11 is 1.49. The molecular weight excluding hydrogens is 346 g/mol. The maximum absolute atomic E-state index is 12.7. The second kappa shape index (κ2) is 7.29. The second-order valence-corrected chi connectivity index (χ2v) is 7.93. The van der Waals surface area contributed by atoms with Crippen molar-refractivity contribution >= 4 is 17.2 Å². The summed E-state index contributed by atoms with van der Waals surface area (Å²) in [6.45, 7) is 8.16. The maximum atomic E-state index is 12.7. The molecule has 1 amide bonds. The van der Waals surface area contributed by atoms with Crippen LogP contribution in [0.4, 0.5) is 0 Å². The number of nitrogens with one attached hydrogen (secondary N) is 1. The van der Waals surface area contributed by atoms with Gasteiger partial charge in [-0.05, 0) is 24.0 Å². The number of amides is 1. The van der Waals surface area contributed by atoms with Crippen LogP contribution in [-0.2, 0) is 5.41 Å². The lowest BCUT2D eigenvalue weighted by atomic mass is 9.87. The van der Waals surface area contributed by atoms with Gasteiger partial charge in [-0.25, -0.2) is 4.98 Å². The van der Waals surface area contributed by atoms with Gasteiger partial charge in [0.1, 0.15) is 10.7 Å². The van der Waals surface area contributed by atoms with Crippen LogP contribution in [0.5, 0.6) is 0 Å². The number of rotatable bonds is 4. The molecule has 1 atom stereocenters. The Hall–Kier alpha value is -2.67. The summed E-state index contributed by atoms with van der Waals surface area (Å²) in [7, 11) is 0. The molecule has 3 aromatic rings. The summed E-state index contributed by atoms with van der Waals surface area (Å²) < 4.78 is 0. The lowest BCUT2D eigenvalue weighted by Gasteiger charge is -2.20. The van der Waals surface area contributed by atoms with Gasteiger partial charge in [-0.15, -0.1) is 11.3 Å². The molecule has 0 spiro atoms. The third kappa shape index (κ3) is 3.94. The Morgan fingerprint density at radius 1 is 1.12 bits per heavy atom. The van der Waals surface area contributed by atoms with Gasteiger partial charge in [0.2, 0.25) is 0 Å². The summed E-state index contributed by atoms with van der Waals surface area (Å²) in [5.74, 6) is -0.188. The van der Waals surface area contributed by atoms with E-state index in [0.29, 0.717) is 17.0 Å². The molecule has 0 aliphatic rings. The first-order valence-electron chi connectivity index (χ1n) is 8.33. The number of thiazole rings is 1.